The van der Waals surface area contributed by atoms with Crippen molar-refractivity contribution in [3.05, 3.63) is 24.3 Å². The second-order valence-corrected chi connectivity index (χ2v) is 9.93. The van der Waals surface area contributed by atoms with Crippen LogP contribution in [-0.4, -0.2) is 19.5 Å². The predicted octanol–water partition coefficient (Wildman–Crippen LogP) is 6.66. The molecule has 160 valence electrons. The summed E-state index contributed by atoms with van der Waals surface area (Å²) in [4.78, 5) is 0. The van der Waals surface area contributed by atoms with E-state index in [1.54, 1.807) is 7.11 Å². The average molecular weight is 391 g/mol. The van der Waals surface area contributed by atoms with Crippen molar-refractivity contribution in [3.63, 3.8) is 0 Å². The molecule has 0 amide bonds. The number of benzene rings is 1. The summed E-state index contributed by atoms with van der Waals surface area (Å²) < 4.78 is 18.5. The smallest absolute Gasteiger partial charge is 0.203 e. The second kappa shape index (κ2) is 10.0. The highest BCUT2D eigenvalue weighted by Crippen LogP contribution is 2.48. The summed E-state index contributed by atoms with van der Waals surface area (Å²) in [5.41, 5.74) is 0. The quantitative estimate of drug-likeness (QED) is 0.496. The first kappa shape index (κ1) is 23.1. The van der Waals surface area contributed by atoms with E-state index in [0.29, 0.717) is 41.4 Å². The SMILES string of the molecule is COc1ccc(OC2OC(CC(C)C)C(C(C)C)C(C(C)C)C2C(C)C)cc1. The number of rotatable bonds is 8. The van der Waals surface area contributed by atoms with Crippen LogP contribution in [0, 0.1) is 41.4 Å². The fraction of sp³-hybridized carbons (Fsp3) is 0.760. The maximum atomic E-state index is 6.73. The monoisotopic (exact) mass is 390 g/mol. The lowest BCUT2D eigenvalue weighted by Crippen LogP contribution is -2.55. The molecule has 28 heavy (non-hydrogen) atoms. The standard InChI is InChI=1S/C25H42O3/c1-15(2)14-21-22(16(3)4)23(17(5)6)24(18(7)8)25(28-21)27-20-12-10-19(26-9)11-13-20/h10-13,15-18,21-25H,14H2,1-9H3. The van der Waals surface area contributed by atoms with Crippen LogP contribution in [0.3, 0.4) is 0 Å². The van der Waals surface area contributed by atoms with Crippen molar-refractivity contribution in [3.8, 4) is 11.5 Å². The number of hydrogen-bond donors (Lipinski definition) is 0. The molecule has 0 saturated carbocycles. The number of ether oxygens (including phenoxy) is 3. The molecule has 1 aromatic rings. The van der Waals surface area contributed by atoms with E-state index in [-0.39, 0.29) is 12.4 Å². The molecule has 1 saturated heterocycles. The van der Waals surface area contributed by atoms with E-state index in [1.807, 2.05) is 24.3 Å². The molecule has 0 aromatic heterocycles. The first-order valence-electron chi connectivity index (χ1n) is 11.1. The molecule has 0 aliphatic carbocycles. The van der Waals surface area contributed by atoms with Gasteiger partial charge in [-0.15, -0.1) is 0 Å². The maximum Gasteiger partial charge on any atom is 0.203 e. The van der Waals surface area contributed by atoms with Gasteiger partial charge in [-0.1, -0.05) is 55.4 Å². The molecule has 1 aliphatic rings. The molecule has 3 heteroatoms. The third kappa shape index (κ3) is 5.43. The molecule has 0 bridgehead atoms. The van der Waals surface area contributed by atoms with Crippen molar-refractivity contribution in [1.29, 1.82) is 0 Å². The van der Waals surface area contributed by atoms with Gasteiger partial charge in [0.05, 0.1) is 13.2 Å². The van der Waals surface area contributed by atoms with Gasteiger partial charge in [-0.25, -0.2) is 0 Å². The van der Waals surface area contributed by atoms with E-state index in [1.165, 1.54) is 0 Å². The Hall–Kier alpha value is -1.22. The third-order valence-corrected chi connectivity index (χ3v) is 6.27. The van der Waals surface area contributed by atoms with Crippen LogP contribution in [0.4, 0.5) is 0 Å². The summed E-state index contributed by atoms with van der Waals surface area (Å²) in [6.45, 7) is 18.7. The van der Waals surface area contributed by atoms with Crippen LogP contribution < -0.4 is 9.47 Å². The van der Waals surface area contributed by atoms with Crippen molar-refractivity contribution >= 4 is 0 Å². The highest BCUT2D eigenvalue weighted by Gasteiger charge is 2.49. The highest BCUT2D eigenvalue weighted by molar-refractivity contribution is 5.31. The predicted molar refractivity (Wildman–Crippen MR) is 117 cm³/mol. The van der Waals surface area contributed by atoms with Crippen molar-refractivity contribution in [2.75, 3.05) is 7.11 Å². The lowest BCUT2D eigenvalue weighted by Gasteiger charge is -2.52. The van der Waals surface area contributed by atoms with Gasteiger partial charge in [-0.3, -0.25) is 0 Å². The fourth-order valence-corrected chi connectivity index (χ4v) is 5.13. The van der Waals surface area contributed by atoms with Gasteiger partial charge in [0.1, 0.15) is 11.5 Å². The van der Waals surface area contributed by atoms with Crippen LogP contribution in [0.5, 0.6) is 11.5 Å². The van der Waals surface area contributed by atoms with Crippen LogP contribution in [0.15, 0.2) is 24.3 Å². The number of hydrogen-bond acceptors (Lipinski definition) is 3. The molecule has 0 N–H and O–H groups in total. The summed E-state index contributed by atoms with van der Waals surface area (Å²) >= 11 is 0. The minimum absolute atomic E-state index is 0.209. The van der Waals surface area contributed by atoms with Crippen molar-refractivity contribution in [1.82, 2.24) is 0 Å². The summed E-state index contributed by atoms with van der Waals surface area (Å²) in [5, 5.41) is 0. The van der Waals surface area contributed by atoms with Gasteiger partial charge < -0.3 is 14.2 Å². The van der Waals surface area contributed by atoms with E-state index >= 15 is 0 Å². The van der Waals surface area contributed by atoms with Crippen LogP contribution in [0.2, 0.25) is 0 Å². The van der Waals surface area contributed by atoms with E-state index in [4.69, 9.17) is 14.2 Å². The molecule has 2 rings (SSSR count). The number of methoxy groups -OCH3 is 1. The summed E-state index contributed by atoms with van der Waals surface area (Å²) in [6.07, 6.45) is 1.12. The van der Waals surface area contributed by atoms with Crippen LogP contribution in [-0.2, 0) is 4.74 Å². The maximum absolute atomic E-state index is 6.73. The second-order valence-electron chi connectivity index (χ2n) is 9.93. The topological polar surface area (TPSA) is 27.7 Å². The van der Waals surface area contributed by atoms with Gasteiger partial charge in [0.2, 0.25) is 6.29 Å². The van der Waals surface area contributed by atoms with Crippen LogP contribution in [0.25, 0.3) is 0 Å². The molecule has 5 unspecified atom stereocenters. The zero-order valence-corrected chi connectivity index (χ0v) is 19.4. The fourth-order valence-electron chi connectivity index (χ4n) is 5.13. The average Bonchev–Trinajstić information content (AvgIpc) is 2.60. The molecule has 0 spiro atoms. The Morgan fingerprint density at radius 3 is 1.68 bits per heavy atom. The van der Waals surface area contributed by atoms with Crippen LogP contribution in [0.1, 0.15) is 61.8 Å². The molecular formula is C25H42O3. The van der Waals surface area contributed by atoms with Crippen molar-refractivity contribution in [2.45, 2.75) is 74.2 Å². The van der Waals surface area contributed by atoms with Gasteiger partial charge in [-0.2, -0.15) is 0 Å². The first-order valence-corrected chi connectivity index (χ1v) is 11.1. The summed E-state index contributed by atoms with van der Waals surface area (Å²) in [5.74, 6) is 5.51. The minimum Gasteiger partial charge on any atom is -0.497 e. The Kier molecular flexibility index (Phi) is 8.24. The molecule has 1 aliphatic heterocycles. The van der Waals surface area contributed by atoms with Gasteiger partial charge in [0.15, 0.2) is 0 Å². The highest BCUT2D eigenvalue weighted by atomic mass is 16.7. The molecule has 5 atom stereocenters. The Morgan fingerprint density at radius 1 is 0.750 bits per heavy atom. The van der Waals surface area contributed by atoms with Crippen LogP contribution >= 0.6 is 0 Å². The minimum atomic E-state index is -0.209. The summed E-state index contributed by atoms with van der Waals surface area (Å²) in [6, 6.07) is 7.86. The normalized spacial score (nSPS) is 28.4. The Bertz CT molecular complexity index is 576. The van der Waals surface area contributed by atoms with Gasteiger partial charge in [0.25, 0.3) is 0 Å². The molecule has 1 fully saturated rings. The van der Waals surface area contributed by atoms with E-state index in [2.05, 4.69) is 55.4 Å². The Morgan fingerprint density at radius 2 is 1.25 bits per heavy atom. The van der Waals surface area contributed by atoms with E-state index in [0.717, 1.165) is 17.9 Å². The lowest BCUT2D eigenvalue weighted by molar-refractivity contribution is -0.247. The zero-order valence-electron chi connectivity index (χ0n) is 19.4. The third-order valence-electron chi connectivity index (χ3n) is 6.27. The first-order chi connectivity index (χ1) is 13.1. The van der Waals surface area contributed by atoms with E-state index in [9.17, 15) is 0 Å². The Labute approximate surface area is 173 Å². The van der Waals surface area contributed by atoms with Crippen molar-refractivity contribution in [2.24, 2.45) is 41.4 Å². The molecular weight excluding hydrogens is 348 g/mol. The Balaban J connectivity index is 2.37. The van der Waals surface area contributed by atoms with Gasteiger partial charge in [-0.05, 0) is 66.2 Å². The van der Waals surface area contributed by atoms with E-state index < -0.39 is 0 Å². The lowest BCUT2D eigenvalue weighted by atomic mass is 9.62. The molecule has 0 radical (unpaired) electrons. The molecule has 1 aromatic carbocycles. The summed E-state index contributed by atoms with van der Waals surface area (Å²) in [7, 11) is 1.69. The van der Waals surface area contributed by atoms with Gasteiger partial charge in [0, 0.05) is 5.92 Å². The molecule has 1 heterocycles. The van der Waals surface area contributed by atoms with Gasteiger partial charge >= 0.3 is 0 Å². The molecule has 3 nitrogen and oxygen atoms in total. The zero-order chi connectivity index (χ0) is 21.0. The van der Waals surface area contributed by atoms with Crippen molar-refractivity contribution < 1.29 is 14.2 Å². The largest absolute Gasteiger partial charge is 0.497 e.